The zero-order chi connectivity index (χ0) is 20.4. The smallest absolute Gasteiger partial charge is 0.267 e. The number of hydrogen-bond donors (Lipinski definition) is 1. The van der Waals surface area contributed by atoms with Crippen molar-refractivity contribution >= 4 is 46.2 Å². The lowest BCUT2D eigenvalue weighted by Crippen LogP contribution is -2.40. The maximum absolute atomic E-state index is 14.2. The standard InChI is InChI=1S/C22H20ClFN2O2S/c23-15-10-11-19(27)14(12-15)13-20-21(28)26(16-6-2-1-3-7-16)22(29-20)25-18-9-5-4-8-17(18)24/h4-5,8-13,16,27H,1-3,6-7H2/b20-13-,25-22?. The third-order valence-corrected chi connectivity index (χ3v) is 6.34. The molecule has 0 atom stereocenters. The normalized spacial score (nSPS) is 20.8. The number of rotatable bonds is 3. The second kappa shape index (κ2) is 8.59. The Bertz CT molecular complexity index is 1000. The molecule has 2 fully saturated rings. The van der Waals surface area contributed by atoms with E-state index in [2.05, 4.69) is 4.99 Å². The summed E-state index contributed by atoms with van der Waals surface area (Å²) in [4.78, 5) is 19.8. The lowest BCUT2D eigenvalue weighted by Gasteiger charge is -2.30. The number of phenolic OH excluding ortho intramolecular Hbond substituents is 1. The summed E-state index contributed by atoms with van der Waals surface area (Å²) in [6, 6.07) is 11.0. The van der Waals surface area contributed by atoms with E-state index in [1.165, 1.54) is 23.9 Å². The van der Waals surface area contributed by atoms with Crippen LogP contribution in [-0.2, 0) is 4.79 Å². The van der Waals surface area contributed by atoms with E-state index < -0.39 is 5.82 Å². The molecule has 0 unspecified atom stereocenters. The Balaban J connectivity index is 1.74. The van der Waals surface area contributed by atoms with Crippen molar-refractivity contribution in [2.24, 2.45) is 4.99 Å². The summed E-state index contributed by atoms with van der Waals surface area (Å²) in [5, 5.41) is 11.1. The van der Waals surface area contributed by atoms with Crippen LogP contribution in [0.5, 0.6) is 5.75 Å². The van der Waals surface area contributed by atoms with Crippen LogP contribution >= 0.6 is 23.4 Å². The molecule has 0 bridgehead atoms. The van der Waals surface area contributed by atoms with E-state index in [1.54, 1.807) is 41.3 Å². The van der Waals surface area contributed by atoms with Crippen molar-refractivity contribution in [3.63, 3.8) is 0 Å². The highest BCUT2D eigenvalue weighted by atomic mass is 35.5. The maximum atomic E-state index is 14.2. The van der Waals surface area contributed by atoms with Crippen LogP contribution in [0.15, 0.2) is 52.4 Å². The molecule has 2 aromatic rings. The third kappa shape index (κ3) is 4.33. The Hall–Kier alpha value is -2.31. The number of benzene rings is 2. The number of para-hydroxylation sites is 1. The Morgan fingerprint density at radius 1 is 1.17 bits per heavy atom. The first kappa shape index (κ1) is 20.0. The van der Waals surface area contributed by atoms with Gasteiger partial charge in [-0.3, -0.25) is 9.69 Å². The maximum Gasteiger partial charge on any atom is 0.267 e. The number of nitrogens with zero attached hydrogens (tertiary/aromatic N) is 2. The minimum absolute atomic E-state index is 0.0407. The van der Waals surface area contributed by atoms with E-state index in [0.29, 0.717) is 20.7 Å². The van der Waals surface area contributed by atoms with Crippen LogP contribution in [-0.4, -0.2) is 27.1 Å². The van der Waals surface area contributed by atoms with Gasteiger partial charge in [0.25, 0.3) is 5.91 Å². The number of aromatic hydroxyl groups is 1. The van der Waals surface area contributed by atoms with Crippen molar-refractivity contribution in [2.75, 3.05) is 0 Å². The second-order valence-electron chi connectivity index (χ2n) is 7.13. The summed E-state index contributed by atoms with van der Waals surface area (Å²) in [5.41, 5.74) is 0.666. The van der Waals surface area contributed by atoms with Gasteiger partial charge in [-0.25, -0.2) is 9.38 Å². The van der Waals surface area contributed by atoms with Gasteiger partial charge >= 0.3 is 0 Å². The highest BCUT2D eigenvalue weighted by Crippen LogP contribution is 2.39. The van der Waals surface area contributed by atoms with Gasteiger partial charge in [-0.2, -0.15) is 0 Å². The molecule has 1 heterocycles. The quantitative estimate of drug-likeness (QED) is 0.596. The monoisotopic (exact) mass is 430 g/mol. The highest BCUT2D eigenvalue weighted by Gasteiger charge is 2.38. The Kier molecular flexibility index (Phi) is 5.92. The molecule has 0 aromatic heterocycles. The molecule has 4 nitrogen and oxygen atoms in total. The Labute approximate surface area is 178 Å². The largest absolute Gasteiger partial charge is 0.507 e. The Morgan fingerprint density at radius 2 is 1.93 bits per heavy atom. The molecule has 1 aliphatic heterocycles. The summed E-state index contributed by atoms with van der Waals surface area (Å²) in [7, 11) is 0. The average Bonchev–Trinajstić information content (AvgIpc) is 3.02. The van der Waals surface area contributed by atoms with Crippen LogP contribution in [0.1, 0.15) is 37.7 Å². The van der Waals surface area contributed by atoms with Crippen LogP contribution in [0.4, 0.5) is 10.1 Å². The summed E-state index contributed by atoms with van der Waals surface area (Å²) >= 11 is 7.23. The summed E-state index contributed by atoms with van der Waals surface area (Å²) in [5.74, 6) is -0.558. The lowest BCUT2D eigenvalue weighted by atomic mass is 9.94. The first-order chi connectivity index (χ1) is 14.0. The molecular weight excluding hydrogens is 411 g/mol. The van der Waals surface area contributed by atoms with Gasteiger partial charge in [0.2, 0.25) is 0 Å². The van der Waals surface area contributed by atoms with Crippen LogP contribution in [0, 0.1) is 5.82 Å². The molecule has 1 aliphatic carbocycles. The molecule has 0 spiro atoms. The molecular formula is C22H20ClFN2O2S. The van der Waals surface area contributed by atoms with Crippen molar-refractivity contribution < 1.29 is 14.3 Å². The predicted octanol–water partition coefficient (Wildman–Crippen LogP) is 6.12. The number of thioether (sulfide) groups is 1. The van der Waals surface area contributed by atoms with Crippen molar-refractivity contribution in [1.82, 2.24) is 4.90 Å². The molecule has 0 radical (unpaired) electrons. The van der Waals surface area contributed by atoms with E-state index in [-0.39, 0.29) is 23.4 Å². The number of phenols is 1. The number of halogens is 2. The molecule has 1 amide bonds. The van der Waals surface area contributed by atoms with Crippen molar-refractivity contribution in [3.05, 3.63) is 63.8 Å². The fourth-order valence-electron chi connectivity index (χ4n) is 3.65. The van der Waals surface area contributed by atoms with Gasteiger partial charge < -0.3 is 5.11 Å². The molecule has 4 rings (SSSR count). The average molecular weight is 431 g/mol. The first-order valence-electron chi connectivity index (χ1n) is 9.58. The topological polar surface area (TPSA) is 52.9 Å². The molecule has 1 saturated carbocycles. The highest BCUT2D eigenvalue weighted by molar-refractivity contribution is 8.18. The summed E-state index contributed by atoms with van der Waals surface area (Å²) in [6.07, 6.45) is 6.69. The van der Waals surface area contributed by atoms with Gasteiger partial charge in [0, 0.05) is 16.6 Å². The van der Waals surface area contributed by atoms with Crippen LogP contribution in [0.2, 0.25) is 5.02 Å². The van der Waals surface area contributed by atoms with Crippen LogP contribution in [0.25, 0.3) is 6.08 Å². The number of amidine groups is 1. The molecule has 150 valence electrons. The first-order valence-corrected chi connectivity index (χ1v) is 10.8. The number of carbonyl (C=O) groups is 1. The van der Waals surface area contributed by atoms with E-state index in [4.69, 9.17) is 11.6 Å². The number of aliphatic imine (C=N–C) groups is 1. The fraction of sp³-hybridized carbons (Fsp3) is 0.273. The van der Waals surface area contributed by atoms with E-state index >= 15 is 0 Å². The third-order valence-electron chi connectivity index (χ3n) is 5.12. The van der Waals surface area contributed by atoms with E-state index in [9.17, 15) is 14.3 Å². The van der Waals surface area contributed by atoms with Gasteiger partial charge in [0.05, 0.1) is 4.91 Å². The van der Waals surface area contributed by atoms with E-state index in [1.807, 2.05) is 0 Å². The molecule has 1 N–H and O–H groups in total. The zero-order valence-corrected chi connectivity index (χ0v) is 17.2. The fourth-order valence-corrected chi connectivity index (χ4v) is 4.88. The zero-order valence-electron chi connectivity index (χ0n) is 15.6. The summed E-state index contributed by atoms with van der Waals surface area (Å²) < 4.78 is 14.2. The van der Waals surface area contributed by atoms with E-state index in [0.717, 1.165) is 32.1 Å². The minimum atomic E-state index is -0.429. The molecule has 2 aromatic carbocycles. The van der Waals surface area contributed by atoms with Gasteiger partial charge in [-0.05, 0) is 61.0 Å². The molecule has 2 aliphatic rings. The molecule has 1 saturated heterocycles. The Morgan fingerprint density at radius 3 is 2.69 bits per heavy atom. The minimum Gasteiger partial charge on any atom is -0.507 e. The van der Waals surface area contributed by atoms with Gasteiger partial charge in [-0.1, -0.05) is 43.0 Å². The van der Waals surface area contributed by atoms with Crippen LogP contribution in [0.3, 0.4) is 0 Å². The van der Waals surface area contributed by atoms with Gasteiger partial charge in [0.15, 0.2) is 5.17 Å². The predicted molar refractivity (Wildman–Crippen MR) is 116 cm³/mol. The molecule has 7 heteroatoms. The van der Waals surface area contributed by atoms with Crippen molar-refractivity contribution in [2.45, 2.75) is 38.1 Å². The van der Waals surface area contributed by atoms with Gasteiger partial charge in [0.1, 0.15) is 17.3 Å². The van der Waals surface area contributed by atoms with Crippen LogP contribution < -0.4 is 0 Å². The van der Waals surface area contributed by atoms with Crippen molar-refractivity contribution in [1.29, 1.82) is 0 Å². The SMILES string of the molecule is O=C1/C(=C/c2cc(Cl)ccc2O)SC(=Nc2ccccc2F)N1C1CCCCC1. The number of hydrogen-bond acceptors (Lipinski definition) is 4. The summed E-state index contributed by atoms with van der Waals surface area (Å²) in [6.45, 7) is 0. The second-order valence-corrected chi connectivity index (χ2v) is 8.57. The number of amides is 1. The number of carbonyl (C=O) groups excluding carboxylic acids is 1. The lowest BCUT2D eigenvalue weighted by molar-refractivity contribution is -0.124. The van der Waals surface area contributed by atoms with Gasteiger partial charge in [-0.15, -0.1) is 0 Å². The van der Waals surface area contributed by atoms with Crippen molar-refractivity contribution in [3.8, 4) is 5.75 Å². The molecule has 29 heavy (non-hydrogen) atoms.